The molecule has 0 radical (unpaired) electrons. The number of rotatable bonds is 2. The van der Waals surface area contributed by atoms with Gasteiger partial charge in [0, 0.05) is 18.5 Å². The molecule has 0 bridgehead atoms. The SMILES string of the molecule is O=C(O)c1cccc2c1CCN(C(=O)Nc1ccsc1)C2. The third kappa shape index (κ3) is 2.75. The summed E-state index contributed by atoms with van der Waals surface area (Å²) >= 11 is 1.52. The molecule has 0 atom stereocenters. The average Bonchev–Trinajstić information content (AvgIpc) is 2.98. The number of amides is 2. The van der Waals surface area contributed by atoms with Gasteiger partial charge >= 0.3 is 12.0 Å². The van der Waals surface area contributed by atoms with Crippen molar-refractivity contribution in [3.05, 3.63) is 51.7 Å². The zero-order valence-corrected chi connectivity index (χ0v) is 12.0. The maximum atomic E-state index is 12.2. The third-order valence-electron chi connectivity index (χ3n) is 3.56. The number of nitrogens with one attached hydrogen (secondary N) is 1. The van der Waals surface area contributed by atoms with Crippen molar-refractivity contribution in [2.24, 2.45) is 0 Å². The second-order valence-corrected chi connectivity index (χ2v) is 5.64. The maximum Gasteiger partial charge on any atom is 0.335 e. The molecule has 1 aromatic heterocycles. The molecule has 108 valence electrons. The van der Waals surface area contributed by atoms with Crippen LogP contribution in [0.2, 0.25) is 0 Å². The summed E-state index contributed by atoms with van der Waals surface area (Å²) in [5, 5.41) is 15.8. The van der Waals surface area contributed by atoms with Crippen molar-refractivity contribution in [3.63, 3.8) is 0 Å². The van der Waals surface area contributed by atoms with Crippen LogP contribution in [-0.4, -0.2) is 28.6 Å². The Morgan fingerprint density at radius 1 is 1.29 bits per heavy atom. The predicted molar refractivity (Wildman–Crippen MR) is 80.9 cm³/mol. The first-order valence-electron chi connectivity index (χ1n) is 6.57. The Morgan fingerprint density at radius 2 is 2.14 bits per heavy atom. The van der Waals surface area contributed by atoms with Crippen molar-refractivity contribution >= 4 is 29.0 Å². The summed E-state index contributed by atoms with van der Waals surface area (Å²) in [6.45, 7) is 0.958. The standard InChI is InChI=1S/C15H14N2O3S/c18-14(19)13-3-1-2-10-8-17(6-4-12(10)13)15(20)16-11-5-7-21-9-11/h1-3,5,7,9H,4,6,8H2,(H,16,20)(H,18,19). The van der Waals surface area contributed by atoms with Crippen LogP contribution in [0.25, 0.3) is 0 Å². The van der Waals surface area contributed by atoms with Gasteiger partial charge in [0.25, 0.3) is 0 Å². The Balaban J connectivity index is 1.77. The van der Waals surface area contributed by atoms with Crippen LogP contribution in [0.4, 0.5) is 10.5 Å². The highest BCUT2D eigenvalue weighted by atomic mass is 32.1. The largest absolute Gasteiger partial charge is 0.478 e. The molecule has 21 heavy (non-hydrogen) atoms. The number of nitrogens with zero attached hydrogens (tertiary/aromatic N) is 1. The first kappa shape index (κ1) is 13.6. The number of hydrogen-bond donors (Lipinski definition) is 2. The fraction of sp³-hybridized carbons (Fsp3) is 0.200. The van der Waals surface area contributed by atoms with Gasteiger partial charge < -0.3 is 15.3 Å². The monoisotopic (exact) mass is 302 g/mol. The summed E-state index contributed by atoms with van der Waals surface area (Å²) in [4.78, 5) is 25.1. The molecule has 1 aromatic carbocycles. The Labute approximate surface area is 125 Å². The molecule has 2 heterocycles. The van der Waals surface area contributed by atoms with Crippen LogP contribution in [0.3, 0.4) is 0 Å². The summed E-state index contributed by atoms with van der Waals surface area (Å²) in [6.07, 6.45) is 0.564. The molecule has 2 amide bonds. The first-order valence-corrected chi connectivity index (χ1v) is 7.51. The lowest BCUT2D eigenvalue weighted by Gasteiger charge is -2.29. The summed E-state index contributed by atoms with van der Waals surface area (Å²) in [5.74, 6) is -0.914. The van der Waals surface area contributed by atoms with Gasteiger partial charge in [0.1, 0.15) is 0 Å². The molecule has 0 saturated heterocycles. The molecule has 1 aliphatic heterocycles. The fourth-order valence-corrected chi connectivity index (χ4v) is 3.11. The van der Waals surface area contributed by atoms with Gasteiger partial charge in [-0.2, -0.15) is 11.3 Å². The lowest BCUT2D eigenvalue weighted by atomic mass is 9.95. The average molecular weight is 302 g/mol. The molecule has 0 unspecified atom stereocenters. The van der Waals surface area contributed by atoms with Gasteiger partial charge in [0.05, 0.1) is 11.3 Å². The van der Waals surface area contributed by atoms with E-state index in [0.717, 1.165) is 16.8 Å². The zero-order chi connectivity index (χ0) is 14.8. The number of hydrogen-bond acceptors (Lipinski definition) is 3. The molecule has 0 aliphatic carbocycles. The minimum Gasteiger partial charge on any atom is -0.478 e. The number of urea groups is 1. The molecular weight excluding hydrogens is 288 g/mol. The van der Waals surface area contributed by atoms with Crippen LogP contribution in [0, 0.1) is 0 Å². The molecule has 0 spiro atoms. The van der Waals surface area contributed by atoms with E-state index in [1.807, 2.05) is 22.9 Å². The quantitative estimate of drug-likeness (QED) is 0.896. The van der Waals surface area contributed by atoms with Gasteiger partial charge in [-0.15, -0.1) is 0 Å². The normalized spacial score (nSPS) is 13.6. The highest BCUT2D eigenvalue weighted by Crippen LogP contribution is 2.23. The second kappa shape index (κ2) is 5.57. The van der Waals surface area contributed by atoms with Crippen molar-refractivity contribution in [2.75, 3.05) is 11.9 Å². The highest BCUT2D eigenvalue weighted by molar-refractivity contribution is 7.08. The fourth-order valence-electron chi connectivity index (χ4n) is 2.52. The van der Waals surface area contributed by atoms with E-state index in [1.54, 1.807) is 17.0 Å². The van der Waals surface area contributed by atoms with Gasteiger partial charge in [0.15, 0.2) is 0 Å². The summed E-state index contributed by atoms with van der Waals surface area (Å²) < 4.78 is 0. The van der Waals surface area contributed by atoms with Gasteiger partial charge in [-0.05, 0) is 35.1 Å². The predicted octanol–water partition coefficient (Wildman–Crippen LogP) is 3.04. The van der Waals surface area contributed by atoms with Crippen LogP contribution in [0.15, 0.2) is 35.0 Å². The van der Waals surface area contributed by atoms with E-state index < -0.39 is 5.97 Å². The molecule has 0 fully saturated rings. The molecule has 5 nitrogen and oxygen atoms in total. The van der Waals surface area contributed by atoms with E-state index in [9.17, 15) is 14.7 Å². The van der Waals surface area contributed by atoms with Crippen molar-refractivity contribution in [2.45, 2.75) is 13.0 Å². The minimum atomic E-state index is -0.914. The number of anilines is 1. The number of fused-ring (bicyclic) bond motifs is 1. The van der Waals surface area contributed by atoms with Crippen LogP contribution < -0.4 is 5.32 Å². The molecule has 0 saturated carbocycles. The number of carbonyl (C=O) groups excluding carboxylic acids is 1. The minimum absolute atomic E-state index is 0.153. The van der Waals surface area contributed by atoms with Crippen LogP contribution in [-0.2, 0) is 13.0 Å². The number of thiophene rings is 1. The maximum absolute atomic E-state index is 12.2. The van der Waals surface area contributed by atoms with Crippen molar-refractivity contribution in [1.82, 2.24) is 4.90 Å². The lowest BCUT2D eigenvalue weighted by Crippen LogP contribution is -2.39. The summed E-state index contributed by atoms with van der Waals surface area (Å²) in [5.41, 5.74) is 2.87. The molecule has 3 rings (SSSR count). The van der Waals surface area contributed by atoms with Gasteiger partial charge in [-0.3, -0.25) is 0 Å². The number of carboxylic acids is 1. The van der Waals surface area contributed by atoms with E-state index in [0.29, 0.717) is 25.1 Å². The van der Waals surface area contributed by atoms with E-state index in [-0.39, 0.29) is 6.03 Å². The first-order chi connectivity index (χ1) is 10.1. The van der Waals surface area contributed by atoms with Crippen LogP contribution >= 0.6 is 11.3 Å². The molecule has 2 aromatic rings. The van der Waals surface area contributed by atoms with E-state index >= 15 is 0 Å². The molecule has 6 heteroatoms. The lowest BCUT2D eigenvalue weighted by molar-refractivity contribution is 0.0695. The smallest absolute Gasteiger partial charge is 0.335 e. The summed E-state index contributed by atoms with van der Waals surface area (Å²) in [6, 6.07) is 6.92. The summed E-state index contributed by atoms with van der Waals surface area (Å²) in [7, 11) is 0. The Kier molecular flexibility index (Phi) is 3.62. The topological polar surface area (TPSA) is 69.6 Å². The Bertz CT molecular complexity index is 682. The highest BCUT2D eigenvalue weighted by Gasteiger charge is 2.24. The van der Waals surface area contributed by atoms with E-state index in [1.165, 1.54) is 11.3 Å². The molecule has 1 aliphatic rings. The molecular formula is C15H14N2O3S. The number of carboxylic acid groups (broad SMARTS) is 1. The second-order valence-electron chi connectivity index (χ2n) is 4.86. The Morgan fingerprint density at radius 3 is 2.86 bits per heavy atom. The Hall–Kier alpha value is -2.34. The molecule has 2 N–H and O–H groups in total. The number of aromatic carboxylic acids is 1. The van der Waals surface area contributed by atoms with Crippen molar-refractivity contribution < 1.29 is 14.7 Å². The van der Waals surface area contributed by atoms with E-state index in [4.69, 9.17) is 0 Å². The van der Waals surface area contributed by atoms with Gasteiger partial charge in [-0.25, -0.2) is 9.59 Å². The van der Waals surface area contributed by atoms with Gasteiger partial charge in [-0.1, -0.05) is 12.1 Å². The van der Waals surface area contributed by atoms with Crippen molar-refractivity contribution in [1.29, 1.82) is 0 Å². The van der Waals surface area contributed by atoms with Crippen LogP contribution in [0.1, 0.15) is 21.5 Å². The third-order valence-corrected chi connectivity index (χ3v) is 4.24. The van der Waals surface area contributed by atoms with Crippen LogP contribution in [0.5, 0.6) is 0 Å². The zero-order valence-electron chi connectivity index (χ0n) is 11.2. The number of carbonyl (C=O) groups is 2. The van der Waals surface area contributed by atoms with E-state index in [2.05, 4.69) is 5.32 Å². The van der Waals surface area contributed by atoms with Gasteiger partial charge in [0.2, 0.25) is 0 Å². The number of benzene rings is 1. The van der Waals surface area contributed by atoms with Crippen molar-refractivity contribution in [3.8, 4) is 0 Å².